The zero-order valence-electron chi connectivity index (χ0n) is 11.4. The monoisotopic (exact) mass is 309 g/mol. The van der Waals surface area contributed by atoms with Gasteiger partial charge in [0.2, 0.25) is 5.91 Å². The van der Waals surface area contributed by atoms with Crippen molar-refractivity contribution in [1.82, 2.24) is 15.0 Å². The summed E-state index contributed by atoms with van der Waals surface area (Å²) >= 11 is 1.25. The first-order chi connectivity index (χ1) is 10.1. The van der Waals surface area contributed by atoms with Gasteiger partial charge in [0.1, 0.15) is 11.5 Å². The third-order valence-electron chi connectivity index (χ3n) is 2.51. The Morgan fingerprint density at radius 1 is 1.52 bits per heavy atom. The van der Waals surface area contributed by atoms with Gasteiger partial charge in [-0.05, 0) is 18.4 Å². The van der Waals surface area contributed by atoms with Crippen LogP contribution in [0.25, 0.3) is 0 Å². The number of hydrogen-bond donors (Lipinski definition) is 2. The third-order valence-corrected chi connectivity index (χ3v) is 3.34. The van der Waals surface area contributed by atoms with Crippen molar-refractivity contribution in [3.63, 3.8) is 0 Å². The zero-order chi connectivity index (χ0) is 15.2. The van der Waals surface area contributed by atoms with Crippen molar-refractivity contribution in [2.45, 2.75) is 20.0 Å². The van der Waals surface area contributed by atoms with Crippen molar-refractivity contribution in [3.05, 3.63) is 28.9 Å². The molecule has 0 fully saturated rings. The van der Waals surface area contributed by atoms with E-state index in [-0.39, 0.29) is 25.6 Å². The number of rotatable bonds is 6. The maximum atomic E-state index is 11.9. The van der Waals surface area contributed by atoms with E-state index in [2.05, 4.69) is 15.6 Å². The Morgan fingerprint density at radius 2 is 2.33 bits per heavy atom. The summed E-state index contributed by atoms with van der Waals surface area (Å²) in [7, 11) is 0. The number of nitrogens with one attached hydrogen (secondary N) is 1. The maximum absolute atomic E-state index is 11.9. The van der Waals surface area contributed by atoms with Gasteiger partial charge in [-0.3, -0.25) is 4.79 Å². The Hall–Kier alpha value is -2.26. The molecule has 112 valence electrons. The summed E-state index contributed by atoms with van der Waals surface area (Å²) in [6.07, 6.45) is 1.60. The normalized spacial score (nSPS) is 10.4. The second-order valence-electron chi connectivity index (χ2n) is 4.04. The molecule has 0 saturated carbocycles. The molecule has 0 radical (unpaired) electrons. The minimum Gasteiger partial charge on any atom is -0.462 e. The van der Waals surface area contributed by atoms with E-state index in [0.29, 0.717) is 16.3 Å². The summed E-state index contributed by atoms with van der Waals surface area (Å²) in [4.78, 5) is 23.6. The molecule has 21 heavy (non-hydrogen) atoms. The Morgan fingerprint density at radius 3 is 3.00 bits per heavy atom. The molecule has 0 atom stereocenters. The number of thiophene rings is 1. The first-order valence-corrected chi connectivity index (χ1v) is 7.15. The molecule has 2 rings (SSSR count). The van der Waals surface area contributed by atoms with Gasteiger partial charge < -0.3 is 15.8 Å². The molecule has 0 unspecified atom stereocenters. The molecule has 8 nitrogen and oxygen atoms in total. The molecule has 0 aliphatic carbocycles. The molecule has 3 N–H and O–H groups in total. The summed E-state index contributed by atoms with van der Waals surface area (Å²) < 4.78 is 6.30. The fourth-order valence-corrected chi connectivity index (χ4v) is 2.39. The van der Waals surface area contributed by atoms with Crippen LogP contribution < -0.4 is 11.1 Å². The van der Waals surface area contributed by atoms with Crippen molar-refractivity contribution in [3.8, 4) is 0 Å². The van der Waals surface area contributed by atoms with Crippen LogP contribution in [0.5, 0.6) is 0 Å². The third kappa shape index (κ3) is 3.86. The molecular formula is C12H15N5O3S. The molecule has 9 heteroatoms. The maximum Gasteiger partial charge on any atom is 0.341 e. The van der Waals surface area contributed by atoms with E-state index in [1.807, 2.05) is 0 Å². The minimum absolute atomic E-state index is 0.00678. The zero-order valence-corrected chi connectivity index (χ0v) is 12.2. The van der Waals surface area contributed by atoms with E-state index < -0.39 is 5.97 Å². The Bertz CT molecular complexity index is 636. The van der Waals surface area contributed by atoms with Gasteiger partial charge in [-0.2, -0.15) is 0 Å². The van der Waals surface area contributed by atoms with Gasteiger partial charge in [0.05, 0.1) is 24.1 Å². The van der Waals surface area contributed by atoms with Crippen molar-refractivity contribution in [1.29, 1.82) is 0 Å². The van der Waals surface area contributed by atoms with E-state index in [4.69, 9.17) is 10.5 Å². The summed E-state index contributed by atoms with van der Waals surface area (Å²) in [5.41, 5.74) is 6.37. The highest BCUT2D eigenvalue weighted by Crippen LogP contribution is 2.24. The fraction of sp³-hybridized carbons (Fsp3) is 0.333. The van der Waals surface area contributed by atoms with Crippen molar-refractivity contribution in [2.75, 3.05) is 11.9 Å². The Labute approximate surface area is 124 Å². The van der Waals surface area contributed by atoms with E-state index in [1.165, 1.54) is 16.0 Å². The lowest BCUT2D eigenvalue weighted by atomic mass is 10.3. The average Bonchev–Trinajstić information content (AvgIpc) is 3.08. The summed E-state index contributed by atoms with van der Waals surface area (Å²) in [5.74, 6) is -0.767. The van der Waals surface area contributed by atoms with Crippen molar-refractivity contribution < 1.29 is 14.3 Å². The first kappa shape index (κ1) is 15.1. The van der Waals surface area contributed by atoms with Crippen molar-refractivity contribution >= 4 is 28.2 Å². The number of carbonyl (C=O) groups excluding carboxylic acids is 2. The standard InChI is InChI=1S/C12H15N5O3S/c1-2-20-12(19)9-3-4-21-11(9)14-10(18)7-17-6-8(5-13)15-16-17/h3-4,6H,2,5,7,13H2,1H3,(H,14,18). The summed E-state index contributed by atoms with van der Waals surface area (Å²) in [6.45, 7) is 2.26. The number of aromatic nitrogens is 3. The molecule has 0 aromatic carbocycles. The average molecular weight is 309 g/mol. The number of esters is 1. The SMILES string of the molecule is CCOC(=O)c1ccsc1NC(=O)Cn1cc(CN)nn1. The number of amides is 1. The number of nitrogens with zero attached hydrogens (tertiary/aromatic N) is 3. The van der Waals surface area contributed by atoms with Gasteiger partial charge in [-0.25, -0.2) is 9.48 Å². The quantitative estimate of drug-likeness (QED) is 0.756. The van der Waals surface area contributed by atoms with Crippen LogP contribution in [-0.2, 0) is 22.6 Å². The molecule has 0 saturated heterocycles. The van der Waals surface area contributed by atoms with E-state index in [1.54, 1.807) is 24.6 Å². The number of ether oxygens (including phenoxy) is 1. The van der Waals surface area contributed by atoms with Gasteiger partial charge in [0.25, 0.3) is 0 Å². The van der Waals surface area contributed by atoms with Crippen LogP contribution in [0, 0.1) is 0 Å². The molecule has 0 aliphatic rings. The number of hydrogen-bond acceptors (Lipinski definition) is 7. The fourth-order valence-electron chi connectivity index (χ4n) is 1.60. The predicted molar refractivity (Wildman–Crippen MR) is 76.8 cm³/mol. The summed E-state index contributed by atoms with van der Waals surface area (Å²) in [5, 5.41) is 12.4. The second kappa shape index (κ2) is 6.95. The van der Waals surface area contributed by atoms with Gasteiger partial charge in [0.15, 0.2) is 0 Å². The summed E-state index contributed by atoms with van der Waals surface area (Å²) in [6, 6.07) is 1.61. The van der Waals surface area contributed by atoms with Gasteiger partial charge >= 0.3 is 5.97 Å². The van der Waals surface area contributed by atoms with Crippen molar-refractivity contribution in [2.24, 2.45) is 5.73 Å². The highest BCUT2D eigenvalue weighted by Gasteiger charge is 2.16. The predicted octanol–water partition coefficient (Wildman–Crippen LogP) is 0.614. The number of nitrogens with two attached hydrogens (primary N) is 1. The molecule has 0 aliphatic heterocycles. The molecular weight excluding hydrogens is 294 g/mol. The van der Waals surface area contributed by atoms with Crippen LogP contribution in [0.15, 0.2) is 17.6 Å². The van der Waals surface area contributed by atoms with E-state index >= 15 is 0 Å². The topological polar surface area (TPSA) is 112 Å². The Balaban J connectivity index is 1.99. The van der Waals surface area contributed by atoms with Crippen LogP contribution in [-0.4, -0.2) is 33.5 Å². The smallest absolute Gasteiger partial charge is 0.341 e. The van der Waals surface area contributed by atoms with E-state index in [0.717, 1.165) is 0 Å². The lowest BCUT2D eigenvalue weighted by molar-refractivity contribution is -0.116. The van der Waals surface area contributed by atoms with Crippen LogP contribution in [0.4, 0.5) is 5.00 Å². The lowest BCUT2D eigenvalue weighted by Crippen LogP contribution is -2.20. The molecule has 2 aromatic rings. The van der Waals surface area contributed by atoms with E-state index in [9.17, 15) is 9.59 Å². The molecule has 2 heterocycles. The van der Waals surface area contributed by atoms with Crippen LogP contribution in [0.3, 0.4) is 0 Å². The molecule has 0 bridgehead atoms. The molecule has 1 amide bonds. The second-order valence-corrected chi connectivity index (χ2v) is 4.96. The number of carbonyl (C=O) groups is 2. The van der Waals surface area contributed by atoms with Gasteiger partial charge in [-0.1, -0.05) is 5.21 Å². The molecule has 0 spiro atoms. The largest absolute Gasteiger partial charge is 0.462 e. The van der Waals surface area contributed by atoms with Crippen LogP contribution in [0.2, 0.25) is 0 Å². The van der Waals surface area contributed by atoms with Crippen LogP contribution >= 0.6 is 11.3 Å². The molecule has 2 aromatic heterocycles. The minimum atomic E-state index is -0.458. The number of anilines is 1. The highest BCUT2D eigenvalue weighted by atomic mass is 32.1. The van der Waals surface area contributed by atoms with Gasteiger partial charge in [-0.15, -0.1) is 16.4 Å². The highest BCUT2D eigenvalue weighted by molar-refractivity contribution is 7.14. The van der Waals surface area contributed by atoms with Crippen LogP contribution in [0.1, 0.15) is 23.0 Å². The van der Waals surface area contributed by atoms with Gasteiger partial charge in [0, 0.05) is 6.54 Å². The first-order valence-electron chi connectivity index (χ1n) is 6.27. The Kier molecular flexibility index (Phi) is 5.01. The lowest BCUT2D eigenvalue weighted by Gasteiger charge is -2.05.